The molecule has 0 saturated heterocycles. The Kier molecular flexibility index (Phi) is 8.35. The number of carbonyl (C=O) groups is 1. The summed E-state index contributed by atoms with van der Waals surface area (Å²) < 4.78 is 0. The van der Waals surface area contributed by atoms with E-state index in [1.807, 2.05) is 33.1 Å². The molecule has 7 heteroatoms. The average Bonchev–Trinajstić information content (AvgIpc) is 2.52. The lowest BCUT2D eigenvalue weighted by Crippen LogP contribution is -2.35. The first-order valence-electron chi connectivity index (χ1n) is 8.14. The van der Waals surface area contributed by atoms with E-state index >= 15 is 0 Å². The van der Waals surface area contributed by atoms with Gasteiger partial charge in [0, 0.05) is 30.8 Å². The topological polar surface area (TPSA) is 69.9 Å². The molecule has 0 fully saturated rings. The quantitative estimate of drug-likeness (QED) is 0.482. The van der Waals surface area contributed by atoms with Crippen molar-refractivity contribution >= 4 is 11.6 Å². The molecule has 0 aliphatic rings. The highest BCUT2D eigenvalue weighted by Gasteiger charge is 2.16. The van der Waals surface area contributed by atoms with Crippen LogP contribution in [-0.4, -0.2) is 79.9 Å². The minimum Gasteiger partial charge on any atom is -0.339 e. The highest BCUT2D eigenvalue weighted by molar-refractivity contribution is 5.94. The van der Waals surface area contributed by atoms with Crippen molar-refractivity contribution in [3.05, 3.63) is 39.9 Å². The van der Waals surface area contributed by atoms with E-state index in [0.29, 0.717) is 18.7 Å². The van der Waals surface area contributed by atoms with Crippen molar-refractivity contribution in [2.75, 3.05) is 54.4 Å². The highest BCUT2D eigenvalue weighted by atomic mass is 16.6. The number of nitrogens with zero attached hydrogens (tertiary/aromatic N) is 4. The lowest BCUT2D eigenvalue weighted by atomic mass is 10.1. The van der Waals surface area contributed by atoms with Crippen molar-refractivity contribution in [2.24, 2.45) is 0 Å². The number of rotatable bonds is 10. The Balaban J connectivity index is 2.74. The standard InChI is InChI=1S/C17H28N4O3/c1-18(2)11-5-13-20(14-6-12-19(3)4)17(22)15-7-9-16(10-8-15)21(23)24/h7-10H,5-6,11-14H2,1-4H3. The zero-order chi connectivity index (χ0) is 18.1. The lowest BCUT2D eigenvalue weighted by Gasteiger charge is -2.24. The number of carbonyl (C=O) groups excluding carboxylic acids is 1. The van der Waals surface area contributed by atoms with Gasteiger partial charge in [0.05, 0.1) is 4.92 Å². The maximum Gasteiger partial charge on any atom is 0.269 e. The van der Waals surface area contributed by atoms with Gasteiger partial charge in [0.15, 0.2) is 0 Å². The van der Waals surface area contributed by atoms with Crippen LogP contribution in [-0.2, 0) is 0 Å². The second-order valence-corrected chi connectivity index (χ2v) is 6.41. The maximum absolute atomic E-state index is 12.7. The van der Waals surface area contributed by atoms with Gasteiger partial charge in [-0.05, 0) is 66.3 Å². The molecule has 0 radical (unpaired) electrons. The fraction of sp³-hybridized carbons (Fsp3) is 0.588. The van der Waals surface area contributed by atoms with E-state index in [4.69, 9.17) is 0 Å². The fourth-order valence-corrected chi connectivity index (χ4v) is 2.38. The van der Waals surface area contributed by atoms with E-state index in [1.54, 1.807) is 0 Å². The third-order valence-electron chi connectivity index (χ3n) is 3.68. The third-order valence-corrected chi connectivity index (χ3v) is 3.68. The van der Waals surface area contributed by atoms with Crippen molar-refractivity contribution < 1.29 is 9.72 Å². The van der Waals surface area contributed by atoms with Gasteiger partial charge in [0.2, 0.25) is 0 Å². The largest absolute Gasteiger partial charge is 0.339 e. The van der Waals surface area contributed by atoms with Crippen LogP contribution in [0.5, 0.6) is 0 Å². The molecule has 0 aliphatic heterocycles. The summed E-state index contributed by atoms with van der Waals surface area (Å²) in [6.45, 7) is 3.19. The Hall–Kier alpha value is -1.99. The molecule has 0 aromatic heterocycles. The molecule has 0 unspecified atom stereocenters. The Morgan fingerprint density at radius 2 is 1.38 bits per heavy atom. The van der Waals surface area contributed by atoms with Crippen LogP contribution in [0.2, 0.25) is 0 Å². The van der Waals surface area contributed by atoms with Crippen molar-refractivity contribution in [1.29, 1.82) is 0 Å². The summed E-state index contributed by atoms with van der Waals surface area (Å²) >= 11 is 0. The molecule has 24 heavy (non-hydrogen) atoms. The monoisotopic (exact) mass is 336 g/mol. The van der Waals surface area contributed by atoms with Gasteiger partial charge in [-0.25, -0.2) is 0 Å². The Bertz CT molecular complexity index is 515. The molecule has 1 aromatic carbocycles. The van der Waals surface area contributed by atoms with Gasteiger partial charge in [-0.3, -0.25) is 14.9 Å². The minimum atomic E-state index is -0.458. The molecule has 1 aromatic rings. The van der Waals surface area contributed by atoms with Gasteiger partial charge >= 0.3 is 0 Å². The zero-order valence-corrected chi connectivity index (χ0v) is 15.1. The first-order valence-corrected chi connectivity index (χ1v) is 8.14. The molecule has 0 atom stereocenters. The van der Waals surface area contributed by atoms with Crippen molar-refractivity contribution in [2.45, 2.75) is 12.8 Å². The Morgan fingerprint density at radius 1 is 0.917 bits per heavy atom. The normalized spacial score (nSPS) is 11.1. The van der Waals surface area contributed by atoms with Crippen LogP contribution >= 0.6 is 0 Å². The van der Waals surface area contributed by atoms with Crippen molar-refractivity contribution in [3.8, 4) is 0 Å². The van der Waals surface area contributed by atoms with Gasteiger partial charge in [-0.15, -0.1) is 0 Å². The van der Waals surface area contributed by atoms with Gasteiger partial charge in [-0.2, -0.15) is 0 Å². The molecule has 0 saturated carbocycles. The number of benzene rings is 1. The molecule has 0 aliphatic carbocycles. The highest BCUT2D eigenvalue weighted by Crippen LogP contribution is 2.14. The lowest BCUT2D eigenvalue weighted by molar-refractivity contribution is -0.384. The third kappa shape index (κ3) is 7.06. The SMILES string of the molecule is CN(C)CCCN(CCCN(C)C)C(=O)c1ccc([N+](=O)[O-])cc1. The second kappa shape index (κ2) is 10.00. The van der Waals surface area contributed by atoms with Gasteiger partial charge in [0.1, 0.15) is 0 Å². The maximum atomic E-state index is 12.7. The van der Waals surface area contributed by atoms with Crippen molar-refractivity contribution in [1.82, 2.24) is 14.7 Å². The van der Waals surface area contributed by atoms with E-state index in [9.17, 15) is 14.9 Å². The average molecular weight is 336 g/mol. The molecular formula is C17H28N4O3. The Morgan fingerprint density at radius 3 is 1.75 bits per heavy atom. The number of amides is 1. The summed E-state index contributed by atoms with van der Waals surface area (Å²) in [6.07, 6.45) is 1.79. The number of hydrogen-bond acceptors (Lipinski definition) is 5. The molecule has 0 spiro atoms. The first kappa shape index (κ1) is 20.1. The predicted octanol–water partition coefficient (Wildman–Crippen LogP) is 1.94. The van der Waals surface area contributed by atoms with Gasteiger partial charge < -0.3 is 14.7 Å². The zero-order valence-electron chi connectivity index (χ0n) is 15.1. The number of non-ortho nitro benzene ring substituents is 1. The molecule has 0 bridgehead atoms. The summed E-state index contributed by atoms with van der Waals surface area (Å²) in [5.74, 6) is -0.0672. The molecule has 134 valence electrons. The minimum absolute atomic E-state index is 0.00156. The van der Waals surface area contributed by atoms with E-state index in [-0.39, 0.29) is 11.6 Å². The van der Waals surface area contributed by atoms with Crippen LogP contribution in [0.4, 0.5) is 5.69 Å². The molecule has 7 nitrogen and oxygen atoms in total. The Labute approximate surface area is 144 Å². The van der Waals surface area contributed by atoms with Crippen LogP contribution in [0.1, 0.15) is 23.2 Å². The smallest absolute Gasteiger partial charge is 0.269 e. The van der Waals surface area contributed by atoms with E-state index in [1.165, 1.54) is 24.3 Å². The van der Waals surface area contributed by atoms with Crippen LogP contribution in [0.25, 0.3) is 0 Å². The summed E-state index contributed by atoms with van der Waals surface area (Å²) in [5, 5.41) is 10.7. The fourth-order valence-electron chi connectivity index (χ4n) is 2.38. The second-order valence-electron chi connectivity index (χ2n) is 6.41. The van der Waals surface area contributed by atoms with Gasteiger partial charge in [-0.1, -0.05) is 0 Å². The molecule has 1 amide bonds. The summed E-state index contributed by atoms with van der Waals surface area (Å²) in [6, 6.07) is 5.83. The first-order chi connectivity index (χ1) is 11.3. The molecular weight excluding hydrogens is 308 g/mol. The van der Waals surface area contributed by atoms with Crippen molar-refractivity contribution in [3.63, 3.8) is 0 Å². The molecule has 0 heterocycles. The van der Waals surface area contributed by atoms with Crippen LogP contribution in [0.15, 0.2) is 24.3 Å². The summed E-state index contributed by atoms with van der Waals surface area (Å²) in [5.41, 5.74) is 0.494. The van der Waals surface area contributed by atoms with E-state index in [0.717, 1.165) is 25.9 Å². The van der Waals surface area contributed by atoms with E-state index < -0.39 is 4.92 Å². The van der Waals surface area contributed by atoms with Crippen LogP contribution in [0.3, 0.4) is 0 Å². The number of nitro benzene ring substituents is 1. The molecule has 1 rings (SSSR count). The summed E-state index contributed by atoms with van der Waals surface area (Å²) in [7, 11) is 8.03. The number of hydrogen-bond donors (Lipinski definition) is 0. The molecule has 0 N–H and O–H groups in total. The van der Waals surface area contributed by atoms with E-state index in [2.05, 4.69) is 9.80 Å². The summed E-state index contributed by atoms with van der Waals surface area (Å²) in [4.78, 5) is 29.0. The van der Waals surface area contributed by atoms with Crippen LogP contribution in [0, 0.1) is 10.1 Å². The van der Waals surface area contributed by atoms with Gasteiger partial charge in [0.25, 0.3) is 11.6 Å². The number of nitro groups is 1. The predicted molar refractivity (Wildman–Crippen MR) is 95.3 cm³/mol. The van der Waals surface area contributed by atoms with Crippen LogP contribution < -0.4 is 0 Å².